The van der Waals surface area contributed by atoms with Crippen LogP contribution in [0.5, 0.6) is 0 Å². The Labute approximate surface area is 175 Å². The van der Waals surface area contributed by atoms with Crippen molar-refractivity contribution in [2.24, 2.45) is 0 Å². The maximum atomic E-state index is 13.1. The summed E-state index contributed by atoms with van der Waals surface area (Å²) in [5.74, 6) is -1.20. The van der Waals surface area contributed by atoms with Gasteiger partial charge in [0, 0.05) is 24.2 Å². The first-order valence-electron chi connectivity index (χ1n) is 9.86. The lowest BCUT2D eigenvalue weighted by molar-refractivity contribution is -0.144. The highest BCUT2D eigenvalue weighted by Crippen LogP contribution is 2.23. The van der Waals surface area contributed by atoms with E-state index in [-0.39, 0.29) is 0 Å². The molecule has 0 aliphatic carbocycles. The summed E-state index contributed by atoms with van der Waals surface area (Å²) >= 11 is 0. The Morgan fingerprint density at radius 2 is 1.17 bits per heavy atom. The van der Waals surface area contributed by atoms with Gasteiger partial charge < -0.3 is 10.2 Å². The minimum Gasteiger partial charge on any atom is -0.326 e. The van der Waals surface area contributed by atoms with Crippen molar-refractivity contribution in [1.82, 2.24) is 4.90 Å². The molecule has 4 heteroatoms. The topological polar surface area (TPSA) is 49.4 Å². The van der Waals surface area contributed by atoms with E-state index < -0.39 is 11.8 Å². The van der Waals surface area contributed by atoms with Gasteiger partial charge in [-0.15, -0.1) is 0 Å². The molecule has 0 saturated heterocycles. The molecule has 0 saturated carbocycles. The Bertz CT molecular complexity index is 1110. The fourth-order valence-electron chi connectivity index (χ4n) is 3.46. The van der Waals surface area contributed by atoms with Crippen molar-refractivity contribution in [3.63, 3.8) is 0 Å². The molecule has 0 atom stereocenters. The normalized spacial score (nSPS) is 10.5. The monoisotopic (exact) mass is 394 g/mol. The third kappa shape index (κ3) is 4.55. The molecule has 4 nitrogen and oxygen atoms in total. The van der Waals surface area contributed by atoms with Crippen molar-refractivity contribution in [3.05, 3.63) is 114 Å². The van der Waals surface area contributed by atoms with E-state index in [4.69, 9.17) is 0 Å². The number of rotatable bonds is 5. The van der Waals surface area contributed by atoms with Gasteiger partial charge in [0.05, 0.1) is 0 Å². The zero-order chi connectivity index (χ0) is 20.8. The summed E-state index contributed by atoms with van der Waals surface area (Å²) in [7, 11) is 0. The number of anilines is 1. The van der Waals surface area contributed by atoms with Crippen LogP contribution in [-0.2, 0) is 22.7 Å². The van der Waals surface area contributed by atoms with Crippen LogP contribution in [0.3, 0.4) is 0 Å². The van der Waals surface area contributed by atoms with Gasteiger partial charge in [0.15, 0.2) is 0 Å². The minimum absolute atomic E-state index is 0.359. The molecule has 0 bridgehead atoms. The Morgan fingerprint density at radius 3 is 1.80 bits per heavy atom. The molecular formula is C26H22N2O2. The zero-order valence-electron chi connectivity index (χ0n) is 16.5. The molecule has 0 heterocycles. The van der Waals surface area contributed by atoms with Crippen molar-refractivity contribution in [2.45, 2.75) is 13.1 Å². The molecular weight excluding hydrogens is 372 g/mol. The molecule has 0 spiro atoms. The Kier molecular flexibility index (Phi) is 5.85. The summed E-state index contributed by atoms with van der Waals surface area (Å²) in [5, 5.41) is 4.72. The van der Waals surface area contributed by atoms with Gasteiger partial charge in [0.2, 0.25) is 0 Å². The van der Waals surface area contributed by atoms with Crippen molar-refractivity contribution in [3.8, 4) is 0 Å². The van der Waals surface area contributed by atoms with Crippen molar-refractivity contribution in [1.29, 1.82) is 0 Å². The maximum Gasteiger partial charge on any atom is 0.313 e. The van der Waals surface area contributed by atoms with Crippen LogP contribution in [0, 0.1) is 0 Å². The molecule has 0 unspecified atom stereocenters. The van der Waals surface area contributed by atoms with Crippen LogP contribution in [-0.4, -0.2) is 16.7 Å². The third-order valence-electron chi connectivity index (χ3n) is 4.95. The van der Waals surface area contributed by atoms with Crippen LogP contribution in [0.1, 0.15) is 11.1 Å². The summed E-state index contributed by atoms with van der Waals surface area (Å²) < 4.78 is 0. The first-order valence-corrected chi connectivity index (χ1v) is 9.86. The standard InChI is InChI=1S/C26H22N2O2/c29-25(27-24-17-9-15-22-14-7-8-16-23(22)24)26(30)28(18-20-10-3-1-4-11-20)19-21-12-5-2-6-13-21/h1-17H,18-19H2,(H,27,29). The lowest BCUT2D eigenvalue weighted by Gasteiger charge is -2.22. The van der Waals surface area contributed by atoms with Crippen LogP contribution in [0.15, 0.2) is 103 Å². The summed E-state index contributed by atoms with van der Waals surface area (Å²) in [4.78, 5) is 27.6. The van der Waals surface area contributed by atoms with Gasteiger partial charge in [-0.25, -0.2) is 0 Å². The van der Waals surface area contributed by atoms with Gasteiger partial charge in [-0.3, -0.25) is 9.59 Å². The number of nitrogens with one attached hydrogen (secondary N) is 1. The number of hydrogen-bond donors (Lipinski definition) is 1. The van der Waals surface area contributed by atoms with Crippen LogP contribution in [0.2, 0.25) is 0 Å². The molecule has 2 amide bonds. The molecule has 30 heavy (non-hydrogen) atoms. The number of benzene rings is 4. The molecule has 0 aliphatic rings. The summed E-state index contributed by atoms with van der Waals surface area (Å²) in [6.07, 6.45) is 0. The molecule has 4 rings (SSSR count). The molecule has 0 radical (unpaired) electrons. The highest BCUT2D eigenvalue weighted by molar-refractivity contribution is 6.40. The molecule has 148 valence electrons. The number of amides is 2. The fraction of sp³-hybridized carbons (Fsp3) is 0.0769. The molecule has 0 aromatic heterocycles. The molecule has 4 aromatic carbocycles. The van der Waals surface area contributed by atoms with E-state index in [1.165, 1.54) is 0 Å². The average Bonchev–Trinajstić information content (AvgIpc) is 2.80. The Balaban J connectivity index is 1.57. The maximum absolute atomic E-state index is 13.1. The minimum atomic E-state index is -0.641. The van der Waals surface area contributed by atoms with Crippen molar-refractivity contribution in [2.75, 3.05) is 5.32 Å². The van der Waals surface area contributed by atoms with Crippen LogP contribution in [0.4, 0.5) is 5.69 Å². The van der Waals surface area contributed by atoms with Crippen LogP contribution in [0.25, 0.3) is 10.8 Å². The van der Waals surface area contributed by atoms with E-state index in [0.29, 0.717) is 18.8 Å². The van der Waals surface area contributed by atoms with Gasteiger partial charge >= 0.3 is 11.8 Å². The number of hydrogen-bond acceptors (Lipinski definition) is 2. The SMILES string of the molecule is O=C(Nc1cccc2ccccc12)C(=O)N(Cc1ccccc1)Cc1ccccc1. The predicted molar refractivity (Wildman–Crippen MR) is 120 cm³/mol. The van der Waals surface area contributed by atoms with E-state index in [9.17, 15) is 9.59 Å². The van der Waals surface area contributed by atoms with E-state index in [2.05, 4.69) is 5.32 Å². The number of nitrogens with zero attached hydrogens (tertiary/aromatic N) is 1. The van der Waals surface area contributed by atoms with Gasteiger partial charge in [-0.2, -0.15) is 0 Å². The predicted octanol–water partition coefficient (Wildman–Crippen LogP) is 5.01. The Hall–Kier alpha value is -3.92. The van der Waals surface area contributed by atoms with Gasteiger partial charge in [-0.05, 0) is 22.6 Å². The van der Waals surface area contributed by atoms with E-state index in [0.717, 1.165) is 21.9 Å². The summed E-state index contributed by atoms with van der Waals surface area (Å²) in [6, 6.07) is 32.8. The van der Waals surface area contributed by atoms with E-state index in [1.54, 1.807) is 4.90 Å². The van der Waals surface area contributed by atoms with Gasteiger partial charge in [0.25, 0.3) is 0 Å². The number of fused-ring (bicyclic) bond motifs is 1. The van der Waals surface area contributed by atoms with Gasteiger partial charge in [0.1, 0.15) is 0 Å². The number of carbonyl (C=O) groups is 2. The fourth-order valence-corrected chi connectivity index (χ4v) is 3.46. The average molecular weight is 394 g/mol. The molecule has 0 aliphatic heterocycles. The molecule has 1 N–H and O–H groups in total. The van der Waals surface area contributed by atoms with E-state index >= 15 is 0 Å². The van der Waals surface area contributed by atoms with Crippen molar-refractivity contribution >= 4 is 28.3 Å². The lowest BCUT2D eigenvalue weighted by atomic mass is 10.1. The van der Waals surface area contributed by atoms with E-state index in [1.807, 2.05) is 103 Å². The third-order valence-corrected chi connectivity index (χ3v) is 4.95. The second kappa shape index (κ2) is 9.05. The van der Waals surface area contributed by atoms with Crippen molar-refractivity contribution < 1.29 is 9.59 Å². The number of carbonyl (C=O) groups excluding carboxylic acids is 2. The first-order chi connectivity index (χ1) is 14.7. The first kappa shape index (κ1) is 19.4. The molecule has 4 aromatic rings. The lowest BCUT2D eigenvalue weighted by Crippen LogP contribution is -2.39. The Morgan fingerprint density at radius 1 is 0.633 bits per heavy atom. The van der Waals surface area contributed by atoms with Crippen LogP contribution < -0.4 is 5.32 Å². The quantitative estimate of drug-likeness (QED) is 0.484. The highest BCUT2D eigenvalue weighted by Gasteiger charge is 2.23. The second-order valence-corrected chi connectivity index (χ2v) is 7.11. The second-order valence-electron chi connectivity index (χ2n) is 7.11. The zero-order valence-corrected chi connectivity index (χ0v) is 16.5. The van der Waals surface area contributed by atoms with Crippen LogP contribution >= 0.6 is 0 Å². The molecule has 0 fully saturated rings. The highest BCUT2D eigenvalue weighted by atomic mass is 16.2. The largest absolute Gasteiger partial charge is 0.326 e. The summed E-state index contributed by atoms with van der Waals surface area (Å²) in [5.41, 5.74) is 2.57. The summed E-state index contributed by atoms with van der Waals surface area (Å²) in [6.45, 7) is 0.717. The van der Waals surface area contributed by atoms with Gasteiger partial charge in [-0.1, -0.05) is 97.1 Å². The smallest absolute Gasteiger partial charge is 0.313 e.